The summed E-state index contributed by atoms with van der Waals surface area (Å²) in [6, 6.07) is 25.0. The molecule has 2 aliphatic rings. The van der Waals surface area contributed by atoms with Gasteiger partial charge in [-0.05, 0) is 45.9 Å². The first-order valence-corrected chi connectivity index (χ1v) is 13.5. The highest BCUT2D eigenvalue weighted by atomic mass is 19.1. The molecule has 0 saturated carbocycles. The molecule has 0 atom stereocenters. The number of rotatable bonds is 5. The lowest BCUT2D eigenvalue weighted by Crippen LogP contribution is -2.46. The van der Waals surface area contributed by atoms with Crippen LogP contribution in [0, 0.1) is 5.82 Å². The van der Waals surface area contributed by atoms with E-state index in [1.807, 2.05) is 59.5 Å². The maximum atomic E-state index is 13.7. The molecule has 0 aromatic heterocycles. The first-order chi connectivity index (χ1) is 18.7. The van der Waals surface area contributed by atoms with Gasteiger partial charge in [0.05, 0.1) is 5.70 Å². The van der Waals surface area contributed by atoms with E-state index in [2.05, 4.69) is 50.5 Å². The van der Waals surface area contributed by atoms with Gasteiger partial charge in [-0.3, -0.25) is 15.1 Å². The molecule has 1 amide bonds. The van der Waals surface area contributed by atoms with Crippen molar-refractivity contribution in [2.75, 3.05) is 13.1 Å². The lowest BCUT2D eigenvalue weighted by molar-refractivity contribution is -0.131. The zero-order chi connectivity index (χ0) is 27.5. The minimum Gasteiger partial charge on any atom is -0.339 e. The molecule has 2 heterocycles. The average Bonchev–Trinajstić information content (AvgIpc) is 3.35. The summed E-state index contributed by atoms with van der Waals surface area (Å²) in [4.78, 5) is 21.3. The monoisotopic (exact) mass is 522 g/mol. The highest BCUT2D eigenvalue weighted by Gasteiger charge is 2.39. The molecule has 0 bridgehead atoms. The fourth-order valence-electron chi connectivity index (χ4n) is 4.99. The standard InChI is InChI=1S/C34H35FN2O2/c1-33(2,3)29-16-14-26(15-17-29)27(13-12-25-8-5-4-6-9-25)23-32(38)37-20-18-34(19-21-37)24-31(36-39-34)28-10-7-11-30(35)22-28/h4-17,22-24,36H,18-21H2,1-3H3. The van der Waals surface area contributed by atoms with Crippen molar-refractivity contribution in [2.24, 2.45) is 0 Å². The smallest absolute Gasteiger partial charge is 0.247 e. The van der Waals surface area contributed by atoms with Crippen molar-refractivity contribution in [1.82, 2.24) is 10.4 Å². The van der Waals surface area contributed by atoms with Crippen molar-refractivity contribution in [2.45, 2.75) is 44.6 Å². The second-order valence-electron chi connectivity index (χ2n) is 11.3. The van der Waals surface area contributed by atoms with Crippen LogP contribution in [0.25, 0.3) is 17.3 Å². The van der Waals surface area contributed by atoms with E-state index in [0.29, 0.717) is 25.9 Å². The van der Waals surface area contributed by atoms with Crippen LogP contribution in [0.1, 0.15) is 55.9 Å². The molecule has 1 saturated heterocycles. The van der Waals surface area contributed by atoms with Crippen LogP contribution in [0.4, 0.5) is 4.39 Å². The van der Waals surface area contributed by atoms with E-state index < -0.39 is 5.60 Å². The number of nitrogens with one attached hydrogen (secondary N) is 1. The first-order valence-electron chi connectivity index (χ1n) is 13.5. The Morgan fingerprint density at radius 3 is 2.36 bits per heavy atom. The molecule has 1 spiro atoms. The number of hydrogen-bond donors (Lipinski definition) is 1. The van der Waals surface area contributed by atoms with Crippen LogP contribution in [-0.4, -0.2) is 29.5 Å². The summed E-state index contributed by atoms with van der Waals surface area (Å²) >= 11 is 0. The van der Waals surface area contributed by atoms with Crippen LogP contribution in [0.2, 0.25) is 0 Å². The number of halogens is 1. The molecule has 4 nitrogen and oxygen atoms in total. The number of likely N-dealkylation sites (tertiary alicyclic amines) is 1. The number of piperidine rings is 1. The van der Waals surface area contributed by atoms with Gasteiger partial charge in [-0.1, -0.05) is 99.7 Å². The highest BCUT2D eigenvalue weighted by molar-refractivity contribution is 5.98. The van der Waals surface area contributed by atoms with Gasteiger partial charge in [0.25, 0.3) is 0 Å². The highest BCUT2D eigenvalue weighted by Crippen LogP contribution is 2.35. The third-order valence-electron chi connectivity index (χ3n) is 7.45. The minimum absolute atomic E-state index is 0.0160. The van der Waals surface area contributed by atoms with Crippen LogP contribution in [0.3, 0.4) is 0 Å². The van der Waals surface area contributed by atoms with Crippen LogP contribution in [0.5, 0.6) is 0 Å². The predicted molar refractivity (Wildman–Crippen MR) is 156 cm³/mol. The Bertz CT molecular complexity index is 1410. The van der Waals surface area contributed by atoms with Gasteiger partial charge in [0.2, 0.25) is 5.91 Å². The summed E-state index contributed by atoms with van der Waals surface area (Å²) in [7, 11) is 0. The molecule has 3 aromatic rings. The summed E-state index contributed by atoms with van der Waals surface area (Å²) in [6.07, 6.45) is 9.15. The second kappa shape index (κ2) is 11.0. The third-order valence-corrected chi connectivity index (χ3v) is 7.45. The maximum absolute atomic E-state index is 13.7. The number of allylic oxidation sites excluding steroid dienone is 2. The van der Waals surface area contributed by atoms with Gasteiger partial charge in [0, 0.05) is 37.6 Å². The van der Waals surface area contributed by atoms with Crippen molar-refractivity contribution in [1.29, 1.82) is 0 Å². The Labute approximate surface area is 230 Å². The van der Waals surface area contributed by atoms with E-state index in [1.165, 1.54) is 17.7 Å². The number of amides is 1. The van der Waals surface area contributed by atoms with Crippen molar-refractivity contribution < 1.29 is 14.0 Å². The van der Waals surface area contributed by atoms with Crippen LogP contribution in [0.15, 0.2) is 97.1 Å². The quantitative estimate of drug-likeness (QED) is 0.286. The summed E-state index contributed by atoms with van der Waals surface area (Å²) < 4.78 is 13.7. The topological polar surface area (TPSA) is 41.6 Å². The van der Waals surface area contributed by atoms with E-state index in [-0.39, 0.29) is 17.1 Å². The Morgan fingerprint density at radius 2 is 1.69 bits per heavy atom. The number of benzene rings is 3. The number of hydrogen-bond acceptors (Lipinski definition) is 3. The molecular weight excluding hydrogens is 487 g/mol. The zero-order valence-electron chi connectivity index (χ0n) is 22.8. The fraction of sp³-hybridized carbons (Fsp3) is 0.265. The maximum Gasteiger partial charge on any atom is 0.247 e. The number of carbonyl (C=O) groups excluding carboxylic acids is 1. The molecule has 1 fully saturated rings. The molecule has 0 radical (unpaired) electrons. The third kappa shape index (κ3) is 6.37. The molecule has 200 valence electrons. The largest absolute Gasteiger partial charge is 0.339 e. The van der Waals surface area contributed by atoms with Crippen molar-refractivity contribution in [3.05, 3.63) is 125 Å². The molecule has 2 aliphatic heterocycles. The molecule has 0 unspecified atom stereocenters. The van der Waals surface area contributed by atoms with Gasteiger partial charge in [-0.25, -0.2) is 4.39 Å². The Kier molecular flexibility index (Phi) is 7.53. The van der Waals surface area contributed by atoms with E-state index >= 15 is 0 Å². The van der Waals surface area contributed by atoms with Gasteiger partial charge in [-0.15, -0.1) is 0 Å². The molecule has 1 N–H and O–H groups in total. The van der Waals surface area contributed by atoms with E-state index in [0.717, 1.165) is 28.0 Å². The van der Waals surface area contributed by atoms with E-state index in [1.54, 1.807) is 12.1 Å². The lowest BCUT2D eigenvalue weighted by Gasteiger charge is -2.36. The summed E-state index contributed by atoms with van der Waals surface area (Å²) in [5.74, 6) is -0.300. The predicted octanol–water partition coefficient (Wildman–Crippen LogP) is 7.16. The van der Waals surface area contributed by atoms with Gasteiger partial charge in [-0.2, -0.15) is 0 Å². The Hall–Kier alpha value is -3.96. The second-order valence-corrected chi connectivity index (χ2v) is 11.3. The van der Waals surface area contributed by atoms with Gasteiger partial charge in [0.1, 0.15) is 11.4 Å². The van der Waals surface area contributed by atoms with E-state index in [9.17, 15) is 9.18 Å². The molecule has 5 heteroatoms. The van der Waals surface area contributed by atoms with Crippen molar-refractivity contribution in [3.63, 3.8) is 0 Å². The van der Waals surface area contributed by atoms with Crippen LogP contribution >= 0.6 is 0 Å². The van der Waals surface area contributed by atoms with Crippen molar-refractivity contribution >= 4 is 23.3 Å². The summed E-state index contributed by atoms with van der Waals surface area (Å²) in [5, 5.41) is 0. The van der Waals surface area contributed by atoms with E-state index in [4.69, 9.17) is 4.84 Å². The van der Waals surface area contributed by atoms with Gasteiger partial charge < -0.3 is 4.90 Å². The number of carbonyl (C=O) groups is 1. The van der Waals surface area contributed by atoms with Crippen LogP contribution < -0.4 is 5.48 Å². The minimum atomic E-state index is -0.499. The molecular formula is C34H35FN2O2. The Morgan fingerprint density at radius 1 is 0.974 bits per heavy atom. The normalized spacial score (nSPS) is 17.4. The molecule has 5 rings (SSSR count). The van der Waals surface area contributed by atoms with Gasteiger partial charge >= 0.3 is 0 Å². The molecule has 3 aromatic carbocycles. The number of hydroxylamine groups is 1. The summed E-state index contributed by atoms with van der Waals surface area (Å²) in [6.45, 7) is 7.73. The van der Waals surface area contributed by atoms with Crippen molar-refractivity contribution in [3.8, 4) is 0 Å². The SMILES string of the molecule is CC(C)(C)c1ccc(C(C=Cc2ccccc2)=CC(=O)N2CCC3(C=C(c4cccc(F)c4)NO3)CC2)cc1. The zero-order valence-corrected chi connectivity index (χ0v) is 22.8. The summed E-state index contributed by atoms with van der Waals surface area (Å²) in [5.41, 5.74) is 8.25. The first kappa shape index (κ1) is 26.6. The van der Waals surface area contributed by atoms with Gasteiger partial charge in [0.15, 0.2) is 0 Å². The lowest BCUT2D eigenvalue weighted by atomic mass is 9.86. The fourth-order valence-corrected chi connectivity index (χ4v) is 4.99. The van der Waals surface area contributed by atoms with Crippen LogP contribution in [-0.2, 0) is 15.0 Å². The average molecular weight is 523 g/mol. The molecule has 0 aliphatic carbocycles. The Balaban J connectivity index is 1.33. The number of nitrogens with zero attached hydrogens (tertiary/aromatic N) is 1. The molecule has 39 heavy (non-hydrogen) atoms.